The van der Waals surface area contributed by atoms with Gasteiger partial charge >= 0.3 is 17.9 Å². The van der Waals surface area contributed by atoms with Crippen LogP contribution in [0.15, 0.2) is 158 Å². The summed E-state index contributed by atoms with van der Waals surface area (Å²) in [7, 11) is 0. The molecule has 0 aromatic carbocycles. The van der Waals surface area contributed by atoms with Gasteiger partial charge in [0.2, 0.25) is 0 Å². The Morgan fingerprint density at radius 1 is 0.259 bits per heavy atom. The fourth-order valence-electron chi connectivity index (χ4n) is 8.57. The highest BCUT2D eigenvalue weighted by Crippen LogP contribution is 2.14. The number of rotatable bonds is 58. The van der Waals surface area contributed by atoms with E-state index in [9.17, 15) is 14.4 Å². The molecule has 1 unspecified atom stereocenters. The van der Waals surface area contributed by atoms with Crippen LogP contribution >= 0.6 is 0 Å². The van der Waals surface area contributed by atoms with Crippen molar-refractivity contribution in [2.45, 2.75) is 284 Å². The Hall–Kier alpha value is -4.97. The van der Waals surface area contributed by atoms with Crippen LogP contribution in [0, 0.1) is 0 Å². The zero-order valence-electron chi connectivity index (χ0n) is 52.2. The summed E-state index contributed by atoms with van der Waals surface area (Å²) >= 11 is 0. The van der Waals surface area contributed by atoms with E-state index in [4.69, 9.17) is 14.2 Å². The Morgan fingerprint density at radius 3 is 0.852 bits per heavy atom. The van der Waals surface area contributed by atoms with Crippen LogP contribution in [-0.2, 0) is 28.6 Å². The Labute approximate surface area is 499 Å². The average molecular weight is 1120 g/mol. The van der Waals surface area contributed by atoms with Gasteiger partial charge in [-0.1, -0.05) is 275 Å². The number of carbonyl (C=O) groups excluding carboxylic acids is 3. The van der Waals surface area contributed by atoms with Gasteiger partial charge in [0.1, 0.15) is 13.2 Å². The summed E-state index contributed by atoms with van der Waals surface area (Å²) in [5, 5.41) is 0. The minimum absolute atomic E-state index is 0.111. The first-order valence-electron chi connectivity index (χ1n) is 33.0. The molecule has 0 rings (SSSR count). The van der Waals surface area contributed by atoms with Gasteiger partial charge in [-0.05, 0) is 141 Å². The lowest BCUT2D eigenvalue weighted by Crippen LogP contribution is -2.30. The van der Waals surface area contributed by atoms with Gasteiger partial charge in [0.15, 0.2) is 6.10 Å². The van der Waals surface area contributed by atoms with E-state index in [1.807, 2.05) is 0 Å². The smallest absolute Gasteiger partial charge is 0.306 e. The molecule has 0 spiro atoms. The van der Waals surface area contributed by atoms with Crippen LogP contribution < -0.4 is 0 Å². The highest BCUT2D eigenvalue weighted by molar-refractivity contribution is 5.71. The van der Waals surface area contributed by atoms with Crippen molar-refractivity contribution in [1.29, 1.82) is 0 Å². The molecular formula is C75H120O6. The Morgan fingerprint density at radius 2 is 0.519 bits per heavy atom. The quantitative estimate of drug-likeness (QED) is 0.0261. The molecule has 81 heavy (non-hydrogen) atoms. The zero-order chi connectivity index (χ0) is 58.5. The molecule has 0 bridgehead atoms. The number of ether oxygens (including phenoxy) is 3. The molecule has 0 saturated heterocycles. The minimum Gasteiger partial charge on any atom is -0.462 e. The zero-order valence-corrected chi connectivity index (χ0v) is 52.2. The van der Waals surface area contributed by atoms with Gasteiger partial charge in [-0.3, -0.25) is 14.4 Å². The summed E-state index contributed by atoms with van der Waals surface area (Å²) < 4.78 is 16.9. The van der Waals surface area contributed by atoms with Gasteiger partial charge in [0, 0.05) is 19.3 Å². The molecule has 0 radical (unpaired) electrons. The highest BCUT2D eigenvalue weighted by Gasteiger charge is 2.19. The van der Waals surface area contributed by atoms with Gasteiger partial charge in [-0.15, -0.1) is 0 Å². The molecule has 0 saturated carbocycles. The molecule has 0 aromatic heterocycles. The first-order chi connectivity index (χ1) is 40.0. The van der Waals surface area contributed by atoms with Crippen molar-refractivity contribution < 1.29 is 28.6 Å². The summed E-state index contributed by atoms with van der Waals surface area (Å²) in [6.45, 7) is 6.39. The van der Waals surface area contributed by atoms with Crippen LogP contribution in [0.25, 0.3) is 0 Å². The monoisotopic (exact) mass is 1120 g/mol. The minimum atomic E-state index is -0.819. The van der Waals surface area contributed by atoms with Gasteiger partial charge in [-0.25, -0.2) is 0 Å². The molecule has 6 heteroatoms. The van der Waals surface area contributed by atoms with Gasteiger partial charge in [0.05, 0.1) is 0 Å². The predicted molar refractivity (Wildman–Crippen MR) is 352 cm³/mol. The van der Waals surface area contributed by atoms with Crippen LogP contribution in [0.4, 0.5) is 0 Å². The molecule has 0 heterocycles. The van der Waals surface area contributed by atoms with E-state index >= 15 is 0 Å². The normalized spacial score (nSPS) is 13.2. The molecule has 0 aliphatic carbocycles. The molecule has 1 atom stereocenters. The fraction of sp³-hybridized carbons (Fsp3) is 0.613. The van der Waals surface area contributed by atoms with E-state index in [0.717, 1.165) is 141 Å². The van der Waals surface area contributed by atoms with E-state index in [1.165, 1.54) is 89.9 Å². The van der Waals surface area contributed by atoms with Crippen molar-refractivity contribution in [2.24, 2.45) is 0 Å². The Kier molecular flexibility index (Phi) is 63.4. The molecule has 0 N–H and O–H groups in total. The van der Waals surface area contributed by atoms with Crippen molar-refractivity contribution >= 4 is 17.9 Å². The van der Waals surface area contributed by atoms with Crippen molar-refractivity contribution in [3.8, 4) is 0 Å². The lowest BCUT2D eigenvalue weighted by molar-refractivity contribution is -0.167. The molecule has 0 aliphatic heterocycles. The van der Waals surface area contributed by atoms with Crippen LogP contribution in [0.5, 0.6) is 0 Å². The summed E-state index contributed by atoms with van der Waals surface area (Å²) in [5.74, 6) is -0.992. The van der Waals surface area contributed by atoms with Gasteiger partial charge < -0.3 is 14.2 Å². The maximum atomic E-state index is 12.9. The number of unbranched alkanes of at least 4 members (excludes halogenated alkanes) is 21. The van der Waals surface area contributed by atoms with Crippen molar-refractivity contribution in [1.82, 2.24) is 0 Å². The maximum absolute atomic E-state index is 12.9. The summed E-state index contributed by atoms with van der Waals surface area (Å²) in [6, 6.07) is 0. The number of hydrogen-bond donors (Lipinski definition) is 0. The molecule has 0 amide bonds. The predicted octanol–water partition coefficient (Wildman–Crippen LogP) is 22.9. The Balaban J connectivity index is 4.46. The molecular weight excluding hydrogens is 997 g/mol. The van der Waals surface area contributed by atoms with E-state index in [1.54, 1.807) is 0 Å². The molecule has 0 aliphatic rings. The third-order valence-corrected chi connectivity index (χ3v) is 13.5. The third kappa shape index (κ3) is 65.7. The second-order valence-electron chi connectivity index (χ2n) is 21.3. The highest BCUT2D eigenvalue weighted by atomic mass is 16.6. The fourth-order valence-corrected chi connectivity index (χ4v) is 8.57. The largest absolute Gasteiger partial charge is 0.462 e. The topological polar surface area (TPSA) is 78.9 Å². The lowest BCUT2D eigenvalue weighted by atomic mass is 10.1. The molecule has 6 nitrogen and oxygen atoms in total. The maximum Gasteiger partial charge on any atom is 0.306 e. The summed E-state index contributed by atoms with van der Waals surface area (Å²) in [5.41, 5.74) is 0. The second-order valence-corrected chi connectivity index (χ2v) is 21.3. The first kappa shape index (κ1) is 76.0. The molecule has 456 valence electrons. The van der Waals surface area contributed by atoms with E-state index < -0.39 is 6.10 Å². The number of esters is 3. The van der Waals surface area contributed by atoms with Crippen LogP contribution in [0.3, 0.4) is 0 Å². The second kappa shape index (κ2) is 67.5. The summed E-state index contributed by atoms with van der Waals surface area (Å²) in [4.78, 5) is 38.3. The Bertz CT molecular complexity index is 1810. The lowest BCUT2D eigenvalue weighted by Gasteiger charge is -2.18. The van der Waals surface area contributed by atoms with Crippen LogP contribution in [0.2, 0.25) is 0 Å². The van der Waals surface area contributed by atoms with E-state index in [2.05, 4.69) is 179 Å². The summed E-state index contributed by atoms with van der Waals surface area (Å²) in [6.07, 6.45) is 98.3. The van der Waals surface area contributed by atoms with E-state index in [0.29, 0.717) is 19.3 Å². The number of allylic oxidation sites excluding steroid dienone is 26. The molecule has 0 aromatic rings. The van der Waals surface area contributed by atoms with Crippen molar-refractivity contribution in [2.75, 3.05) is 13.2 Å². The van der Waals surface area contributed by atoms with Crippen molar-refractivity contribution in [3.05, 3.63) is 158 Å². The third-order valence-electron chi connectivity index (χ3n) is 13.5. The van der Waals surface area contributed by atoms with Crippen LogP contribution in [-0.4, -0.2) is 37.2 Å². The first-order valence-corrected chi connectivity index (χ1v) is 33.0. The number of carbonyl (C=O) groups is 3. The molecule has 0 fully saturated rings. The van der Waals surface area contributed by atoms with Crippen molar-refractivity contribution in [3.63, 3.8) is 0 Å². The van der Waals surface area contributed by atoms with E-state index in [-0.39, 0.29) is 37.5 Å². The van der Waals surface area contributed by atoms with Crippen LogP contribution in [0.1, 0.15) is 278 Å². The van der Waals surface area contributed by atoms with Gasteiger partial charge in [0.25, 0.3) is 0 Å². The van der Waals surface area contributed by atoms with Gasteiger partial charge in [-0.2, -0.15) is 0 Å². The SMILES string of the molecule is CC/C=C\C/C=C\C/C=C\C/C=C\C/C=C\C/C=C\C/C=C\C/C=C\C/C=C\CCCC(=O)OCC(COC(=O)CCCCCCC/C=C\C/C=C\CCC)OC(=O)CCCCCCCCCCC/C=C\C/C=C\CCCCCCC. The average Bonchev–Trinajstić information content (AvgIpc) is 3.46. The standard InChI is InChI=1S/C75H120O6/c1-4-7-10-13-16-19-22-25-27-29-31-33-34-35-36-37-38-39-40-42-43-45-47-50-53-56-59-62-65-68-74(77)80-71-72(70-79-73(76)67-64-61-58-55-52-49-24-21-18-15-12-9-6-3)81-75(78)69-66-63-60-57-54-51-48-46-44-41-32-30-28-26-23-20-17-14-11-8-5-2/h7,10,12,15-16,19,21,23-27,30-33,35-36,38-39,42-43,47,50,56,59,72H,4-6,8-9,11,13-14,17-18,20,22,28-29,34,37,40-41,44-46,48-49,51-55,57-58,60-71H2,1-3H3/b10-7-,15-12-,19-16-,24-21-,26-23-,27-25-,32-30-,33-31-,36-35-,39-38-,43-42-,50-47-,59-56-. The number of hydrogen-bond acceptors (Lipinski definition) is 6.